The molecule has 3 aromatic rings. The highest BCUT2D eigenvalue weighted by atomic mass is 19.1. The van der Waals surface area contributed by atoms with Crippen molar-refractivity contribution in [1.82, 2.24) is 5.32 Å². The number of para-hydroxylation sites is 1. The SMILES string of the molecule is CC1=C(C(=O)Nc2c(F)cccc2F)[C@@H](c2ccc3c(c2)OCO3)C2=C(C[C@@H](c3ccccc3)CC2=O)N1. The molecule has 0 radical (unpaired) electrons. The van der Waals surface area contributed by atoms with Crippen LogP contribution in [0.5, 0.6) is 11.5 Å². The van der Waals surface area contributed by atoms with Crippen molar-refractivity contribution in [3.8, 4) is 11.5 Å². The van der Waals surface area contributed by atoms with Crippen LogP contribution in [-0.2, 0) is 9.59 Å². The van der Waals surface area contributed by atoms with Crippen molar-refractivity contribution in [2.45, 2.75) is 31.6 Å². The first kappa shape index (κ1) is 23.9. The van der Waals surface area contributed by atoms with E-state index >= 15 is 0 Å². The number of dihydropyridines is 1. The molecule has 3 aliphatic rings. The van der Waals surface area contributed by atoms with E-state index < -0.39 is 29.1 Å². The topological polar surface area (TPSA) is 76.7 Å². The molecule has 0 bridgehead atoms. The largest absolute Gasteiger partial charge is 0.454 e. The number of hydrogen-bond acceptors (Lipinski definition) is 5. The first-order valence-corrected chi connectivity index (χ1v) is 12.3. The van der Waals surface area contributed by atoms with Crippen LogP contribution in [0.4, 0.5) is 14.5 Å². The number of hydrogen-bond donors (Lipinski definition) is 2. The molecular formula is C30H24F2N2O4. The minimum absolute atomic E-state index is 0.0111. The van der Waals surface area contributed by atoms with Crippen molar-refractivity contribution in [2.24, 2.45) is 0 Å². The molecule has 6 nitrogen and oxygen atoms in total. The predicted octanol–water partition coefficient (Wildman–Crippen LogP) is 5.69. The van der Waals surface area contributed by atoms with E-state index in [4.69, 9.17) is 9.47 Å². The molecule has 3 aromatic carbocycles. The molecule has 2 N–H and O–H groups in total. The summed E-state index contributed by atoms with van der Waals surface area (Å²) in [5, 5.41) is 5.68. The van der Waals surface area contributed by atoms with Gasteiger partial charge in [-0.1, -0.05) is 42.5 Å². The van der Waals surface area contributed by atoms with Gasteiger partial charge >= 0.3 is 0 Å². The maximum atomic E-state index is 14.4. The van der Waals surface area contributed by atoms with E-state index in [-0.39, 0.29) is 30.5 Å². The van der Waals surface area contributed by atoms with Crippen LogP contribution < -0.4 is 20.1 Å². The summed E-state index contributed by atoms with van der Waals surface area (Å²) in [6, 6.07) is 18.5. The van der Waals surface area contributed by atoms with Gasteiger partial charge in [0.05, 0.1) is 0 Å². The Bertz CT molecular complexity index is 1510. The van der Waals surface area contributed by atoms with Gasteiger partial charge in [-0.2, -0.15) is 0 Å². The fraction of sp³-hybridized carbons (Fsp3) is 0.200. The lowest BCUT2D eigenvalue weighted by atomic mass is 9.71. The van der Waals surface area contributed by atoms with Crippen LogP contribution in [-0.4, -0.2) is 18.5 Å². The zero-order valence-corrected chi connectivity index (χ0v) is 20.5. The van der Waals surface area contributed by atoms with Crippen LogP contribution >= 0.6 is 0 Å². The Balaban J connectivity index is 1.44. The van der Waals surface area contributed by atoms with Crippen molar-refractivity contribution in [2.75, 3.05) is 12.1 Å². The second kappa shape index (κ2) is 9.45. The smallest absolute Gasteiger partial charge is 0.254 e. The maximum absolute atomic E-state index is 14.4. The molecule has 38 heavy (non-hydrogen) atoms. The first-order chi connectivity index (χ1) is 18.4. The fourth-order valence-electron chi connectivity index (χ4n) is 5.53. The predicted molar refractivity (Wildman–Crippen MR) is 137 cm³/mol. The third-order valence-electron chi connectivity index (χ3n) is 7.27. The van der Waals surface area contributed by atoms with Crippen molar-refractivity contribution in [3.63, 3.8) is 0 Å². The average Bonchev–Trinajstić information content (AvgIpc) is 3.38. The van der Waals surface area contributed by atoms with Gasteiger partial charge in [0.1, 0.15) is 17.3 Å². The van der Waals surface area contributed by atoms with E-state index in [1.165, 1.54) is 6.07 Å². The van der Waals surface area contributed by atoms with E-state index in [0.717, 1.165) is 23.4 Å². The fourth-order valence-corrected chi connectivity index (χ4v) is 5.53. The number of halogens is 2. The summed E-state index contributed by atoms with van der Waals surface area (Å²) in [6.07, 6.45) is 0.863. The van der Waals surface area contributed by atoms with Gasteiger partial charge in [0.15, 0.2) is 17.3 Å². The van der Waals surface area contributed by atoms with Gasteiger partial charge in [0.2, 0.25) is 6.79 Å². The number of Topliss-reactive ketones (excluding diaryl/α,β-unsaturated/α-hetero) is 1. The number of allylic oxidation sites excluding steroid dienone is 3. The number of rotatable bonds is 4. The van der Waals surface area contributed by atoms with Crippen LogP contribution in [0.25, 0.3) is 0 Å². The van der Waals surface area contributed by atoms with Crippen molar-refractivity contribution in [1.29, 1.82) is 0 Å². The van der Waals surface area contributed by atoms with Gasteiger partial charge in [0, 0.05) is 34.9 Å². The normalized spacial score (nSPS) is 20.2. The van der Waals surface area contributed by atoms with Crippen molar-refractivity contribution >= 4 is 17.4 Å². The lowest BCUT2D eigenvalue weighted by Gasteiger charge is -2.37. The molecule has 1 aliphatic carbocycles. The van der Waals surface area contributed by atoms with Gasteiger partial charge in [-0.3, -0.25) is 9.59 Å². The first-order valence-electron chi connectivity index (χ1n) is 12.3. The summed E-state index contributed by atoms with van der Waals surface area (Å²) in [7, 11) is 0. The maximum Gasteiger partial charge on any atom is 0.254 e. The molecule has 0 unspecified atom stereocenters. The summed E-state index contributed by atoms with van der Waals surface area (Å²) in [4.78, 5) is 27.4. The molecule has 8 heteroatoms. The van der Waals surface area contributed by atoms with Gasteiger partial charge in [0.25, 0.3) is 5.91 Å². The number of ketones is 1. The van der Waals surface area contributed by atoms with E-state index in [1.54, 1.807) is 25.1 Å². The van der Waals surface area contributed by atoms with Crippen molar-refractivity contribution in [3.05, 3.63) is 112 Å². The Morgan fingerprint density at radius 2 is 1.66 bits per heavy atom. The number of amides is 1. The molecule has 0 saturated carbocycles. The number of anilines is 1. The third-order valence-corrected chi connectivity index (χ3v) is 7.27. The molecule has 0 aromatic heterocycles. The highest BCUT2D eigenvalue weighted by molar-refractivity contribution is 6.10. The summed E-state index contributed by atoms with van der Waals surface area (Å²) in [5.41, 5.74) is 3.09. The zero-order chi connectivity index (χ0) is 26.4. The number of carbonyl (C=O) groups is 2. The summed E-state index contributed by atoms with van der Waals surface area (Å²) in [5.74, 6) is -2.28. The number of ether oxygens (including phenoxy) is 2. The summed E-state index contributed by atoms with van der Waals surface area (Å²) in [6.45, 7) is 1.80. The molecular weight excluding hydrogens is 490 g/mol. The molecule has 2 heterocycles. The Hall–Kier alpha value is -4.46. The monoisotopic (exact) mass is 514 g/mol. The van der Waals surface area contributed by atoms with Crippen molar-refractivity contribution < 1.29 is 27.8 Å². The molecule has 1 amide bonds. The van der Waals surface area contributed by atoms with E-state index in [2.05, 4.69) is 10.6 Å². The Labute approximate surface area is 218 Å². The quantitative estimate of drug-likeness (QED) is 0.468. The van der Waals surface area contributed by atoms with Crippen LogP contribution in [0.2, 0.25) is 0 Å². The number of fused-ring (bicyclic) bond motifs is 1. The molecule has 6 rings (SSSR count). The Morgan fingerprint density at radius 3 is 2.42 bits per heavy atom. The number of carbonyl (C=O) groups excluding carboxylic acids is 2. The van der Waals surface area contributed by atoms with Crippen LogP contribution in [0.15, 0.2) is 89.3 Å². The molecule has 192 valence electrons. The van der Waals surface area contributed by atoms with E-state index in [9.17, 15) is 18.4 Å². The van der Waals surface area contributed by atoms with Crippen LogP contribution in [0, 0.1) is 11.6 Å². The van der Waals surface area contributed by atoms with Crippen LogP contribution in [0.3, 0.4) is 0 Å². The number of benzene rings is 3. The second-order valence-corrected chi connectivity index (χ2v) is 9.59. The molecule has 2 atom stereocenters. The molecule has 0 fully saturated rings. The minimum Gasteiger partial charge on any atom is -0.454 e. The summed E-state index contributed by atoms with van der Waals surface area (Å²) < 4.78 is 39.8. The molecule has 0 spiro atoms. The zero-order valence-electron chi connectivity index (χ0n) is 20.5. The lowest BCUT2D eigenvalue weighted by molar-refractivity contribution is -0.116. The molecule has 0 saturated heterocycles. The molecule has 2 aliphatic heterocycles. The van der Waals surface area contributed by atoms with E-state index in [0.29, 0.717) is 34.8 Å². The summed E-state index contributed by atoms with van der Waals surface area (Å²) >= 11 is 0. The Morgan fingerprint density at radius 1 is 0.921 bits per heavy atom. The van der Waals surface area contributed by atoms with E-state index in [1.807, 2.05) is 30.3 Å². The van der Waals surface area contributed by atoms with Crippen LogP contribution in [0.1, 0.15) is 42.7 Å². The Kier molecular flexibility index (Phi) is 5.94. The number of nitrogens with one attached hydrogen (secondary N) is 2. The van der Waals surface area contributed by atoms with Gasteiger partial charge in [-0.25, -0.2) is 8.78 Å². The highest BCUT2D eigenvalue weighted by Gasteiger charge is 2.41. The highest BCUT2D eigenvalue weighted by Crippen LogP contribution is 2.47. The lowest BCUT2D eigenvalue weighted by Crippen LogP contribution is -2.37. The minimum atomic E-state index is -0.889. The average molecular weight is 515 g/mol. The third kappa shape index (κ3) is 4.12. The van der Waals surface area contributed by atoms with Gasteiger partial charge in [-0.15, -0.1) is 0 Å². The van der Waals surface area contributed by atoms with Gasteiger partial charge in [-0.05, 0) is 54.7 Å². The standard InChI is InChI=1S/C30H24F2N2O4/c1-16-26(30(36)34-29-20(31)8-5-9-21(29)32)27(18-10-11-24-25(14-18)38-15-37-24)28-22(33-16)12-19(13-23(28)35)17-6-3-2-4-7-17/h2-11,14,19,27,33H,12-13,15H2,1H3,(H,34,36)/t19-,27-/m1/s1. The second-order valence-electron chi connectivity index (χ2n) is 9.59. The van der Waals surface area contributed by atoms with Gasteiger partial charge < -0.3 is 20.1 Å².